The lowest BCUT2D eigenvalue weighted by Crippen LogP contribution is -2.39. The molecule has 3 saturated carbocycles. The molecule has 0 saturated heterocycles. The lowest BCUT2D eigenvalue weighted by atomic mass is 9.75. The average Bonchev–Trinajstić information content (AvgIpc) is 2.66. The van der Waals surface area contributed by atoms with Crippen LogP contribution in [0.15, 0.2) is 0 Å². The first-order chi connectivity index (χ1) is 6.10. The summed E-state index contributed by atoms with van der Waals surface area (Å²) < 4.78 is 0. The summed E-state index contributed by atoms with van der Waals surface area (Å²) in [6, 6.07) is 0. The Hall–Kier alpha value is -0.0400. The summed E-state index contributed by atoms with van der Waals surface area (Å²) in [5.74, 6) is 3.91. The highest BCUT2D eigenvalue weighted by molar-refractivity contribution is 5.09. The van der Waals surface area contributed by atoms with E-state index >= 15 is 0 Å². The summed E-state index contributed by atoms with van der Waals surface area (Å²) in [6.07, 6.45) is 5.57. The molecule has 2 bridgehead atoms. The second-order valence-corrected chi connectivity index (χ2v) is 5.89. The molecule has 3 aliphatic carbocycles. The molecular weight excluding hydrogens is 160 g/mol. The molecule has 0 aromatic carbocycles. The van der Waals surface area contributed by atoms with Gasteiger partial charge < -0.3 is 5.11 Å². The smallest absolute Gasteiger partial charge is 0.0678 e. The fourth-order valence-corrected chi connectivity index (χ4v) is 4.64. The average molecular weight is 180 g/mol. The van der Waals surface area contributed by atoms with Crippen molar-refractivity contribution in [3.8, 4) is 0 Å². The Morgan fingerprint density at radius 1 is 1.15 bits per heavy atom. The maximum Gasteiger partial charge on any atom is 0.0678 e. The van der Waals surface area contributed by atoms with Gasteiger partial charge in [-0.3, -0.25) is 0 Å². The van der Waals surface area contributed by atoms with Crippen LogP contribution < -0.4 is 0 Å². The molecule has 6 atom stereocenters. The van der Waals surface area contributed by atoms with Crippen LogP contribution in [0, 0.1) is 29.6 Å². The van der Waals surface area contributed by atoms with E-state index in [0.29, 0.717) is 11.8 Å². The van der Waals surface area contributed by atoms with Crippen LogP contribution in [0.2, 0.25) is 0 Å². The van der Waals surface area contributed by atoms with Gasteiger partial charge in [0.25, 0.3) is 0 Å². The molecule has 0 aliphatic heterocycles. The van der Waals surface area contributed by atoms with Gasteiger partial charge in [-0.05, 0) is 62.2 Å². The zero-order chi connectivity index (χ0) is 9.22. The van der Waals surface area contributed by atoms with Crippen molar-refractivity contribution in [2.45, 2.75) is 45.1 Å². The van der Waals surface area contributed by atoms with Gasteiger partial charge >= 0.3 is 0 Å². The molecule has 0 radical (unpaired) electrons. The summed E-state index contributed by atoms with van der Waals surface area (Å²) in [7, 11) is 0. The highest BCUT2D eigenvalue weighted by Crippen LogP contribution is 2.63. The molecule has 3 aliphatic rings. The van der Waals surface area contributed by atoms with E-state index in [9.17, 15) is 5.11 Å². The van der Waals surface area contributed by atoms with Crippen molar-refractivity contribution in [1.29, 1.82) is 0 Å². The van der Waals surface area contributed by atoms with E-state index in [1.165, 1.54) is 25.7 Å². The van der Waals surface area contributed by atoms with Gasteiger partial charge in [-0.25, -0.2) is 0 Å². The molecule has 1 heteroatoms. The molecule has 74 valence electrons. The predicted octanol–water partition coefficient (Wildman–Crippen LogP) is 2.44. The zero-order valence-corrected chi connectivity index (χ0v) is 8.66. The molecule has 0 amide bonds. The van der Waals surface area contributed by atoms with E-state index in [-0.39, 0.29) is 5.60 Å². The van der Waals surface area contributed by atoms with E-state index in [2.05, 4.69) is 13.8 Å². The standard InChI is InChI=1S/C12H20O/c1-7-5-10-8-3-4-9(6-8)11(10)12(7,2)13/h7-11,13H,3-6H2,1-2H3. The first-order valence-electron chi connectivity index (χ1n) is 5.83. The third kappa shape index (κ3) is 0.869. The van der Waals surface area contributed by atoms with Gasteiger partial charge in [0.1, 0.15) is 0 Å². The predicted molar refractivity (Wildman–Crippen MR) is 52.2 cm³/mol. The monoisotopic (exact) mass is 180 g/mol. The van der Waals surface area contributed by atoms with Crippen molar-refractivity contribution in [1.82, 2.24) is 0 Å². The quantitative estimate of drug-likeness (QED) is 0.607. The second-order valence-electron chi connectivity index (χ2n) is 5.89. The Kier molecular flexibility index (Phi) is 1.47. The molecule has 0 aromatic rings. The minimum Gasteiger partial charge on any atom is -0.390 e. The van der Waals surface area contributed by atoms with Crippen LogP contribution in [0.5, 0.6) is 0 Å². The van der Waals surface area contributed by atoms with Crippen molar-refractivity contribution < 1.29 is 5.11 Å². The SMILES string of the molecule is CC1CC2C3CCC(C3)C2C1(C)O. The molecule has 3 fully saturated rings. The maximum absolute atomic E-state index is 10.5. The van der Waals surface area contributed by atoms with Crippen LogP contribution in [-0.2, 0) is 0 Å². The first kappa shape index (κ1) is 8.28. The fraction of sp³-hybridized carbons (Fsp3) is 1.00. The number of hydrogen-bond acceptors (Lipinski definition) is 1. The third-order valence-electron chi connectivity index (χ3n) is 5.39. The zero-order valence-electron chi connectivity index (χ0n) is 8.66. The Balaban J connectivity index is 1.96. The highest BCUT2D eigenvalue weighted by atomic mass is 16.3. The number of hydrogen-bond donors (Lipinski definition) is 1. The molecule has 1 nitrogen and oxygen atoms in total. The molecule has 1 N–H and O–H groups in total. The summed E-state index contributed by atoms with van der Waals surface area (Å²) in [6.45, 7) is 4.32. The minimum absolute atomic E-state index is 0.343. The Morgan fingerprint density at radius 3 is 2.54 bits per heavy atom. The van der Waals surface area contributed by atoms with Crippen molar-refractivity contribution in [2.24, 2.45) is 29.6 Å². The largest absolute Gasteiger partial charge is 0.390 e. The van der Waals surface area contributed by atoms with Crippen LogP contribution >= 0.6 is 0 Å². The highest BCUT2D eigenvalue weighted by Gasteiger charge is 2.60. The fourth-order valence-electron chi connectivity index (χ4n) is 4.64. The summed E-state index contributed by atoms with van der Waals surface area (Å²) in [4.78, 5) is 0. The van der Waals surface area contributed by atoms with Gasteiger partial charge in [0, 0.05) is 0 Å². The Labute approximate surface area is 80.5 Å². The first-order valence-corrected chi connectivity index (χ1v) is 5.83. The second kappa shape index (κ2) is 2.31. The van der Waals surface area contributed by atoms with E-state index in [0.717, 1.165) is 17.8 Å². The van der Waals surface area contributed by atoms with Crippen LogP contribution in [0.25, 0.3) is 0 Å². The molecular formula is C12H20O. The van der Waals surface area contributed by atoms with Gasteiger partial charge in [-0.15, -0.1) is 0 Å². The molecule has 0 spiro atoms. The number of rotatable bonds is 0. The Bertz CT molecular complexity index is 233. The van der Waals surface area contributed by atoms with Gasteiger partial charge in [0.2, 0.25) is 0 Å². The summed E-state index contributed by atoms with van der Waals surface area (Å²) in [5.41, 5.74) is -0.343. The van der Waals surface area contributed by atoms with Crippen molar-refractivity contribution in [3.05, 3.63) is 0 Å². The van der Waals surface area contributed by atoms with Crippen LogP contribution in [0.1, 0.15) is 39.5 Å². The van der Waals surface area contributed by atoms with Crippen LogP contribution in [-0.4, -0.2) is 10.7 Å². The van der Waals surface area contributed by atoms with Gasteiger partial charge in [0.15, 0.2) is 0 Å². The number of fused-ring (bicyclic) bond motifs is 5. The van der Waals surface area contributed by atoms with E-state index < -0.39 is 0 Å². The topological polar surface area (TPSA) is 20.2 Å². The van der Waals surface area contributed by atoms with E-state index in [4.69, 9.17) is 0 Å². The minimum atomic E-state index is -0.343. The molecule has 0 heterocycles. The molecule has 13 heavy (non-hydrogen) atoms. The van der Waals surface area contributed by atoms with Crippen molar-refractivity contribution >= 4 is 0 Å². The van der Waals surface area contributed by atoms with Crippen LogP contribution in [0.4, 0.5) is 0 Å². The van der Waals surface area contributed by atoms with Crippen molar-refractivity contribution in [3.63, 3.8) is 0 Å². The van der Waals surface area contributed by atoms with Crippen LogP contribution in [0.3, 0.4) is 0 Å². The van der Waals surface area contributed by atoms with Gasteiger partial charge in [0.05, 0.1) is 5.60 Å². The normalized spacial score (nSPS) is 64.4. The third-order valence-corrected chi connectivity index (χ3v) is 5.39. The Morgan fingerprint density at radius 2 is 1.85 bits per heavy atom. The van der Waals surface area contributed by atoms with E-state index in [1.54, 1.807) is 0 Å². The molecule has 3 rings (SSSR count). The number of aliphatic hydroxyl groups is 1. The molecule has 0 aromatic heterocycles. The summed E-state index contributed by atoms with van der Waals surface area (Å²) in [5, 5.41) is 10.5. The van der Waals surface area contributed by atoms with Crippen molar-refractivity contribution in [2.75, 3.05) is 0 Å². The van der Waals surface area contributed by atoms with Gasteiger partial charge in [-0.2, -0.15) is 0 Å². The van der Waals surface area contributed by atoms with E-state index in [1.807, 2.05) is 0 Å². The van der Waals surface area contributed by atoms with Gasteiger partial charge in [-0.1, -0.05) is 6.92 Å². The molecule has 6 unspecified atom stereocenters. The lowest BCUT2D eigenvalue weighted by Gasteiger charge is -2.34. The lowest BCUT2D eigenvalue weighted by molar-refractivity contribution is -0.0369. The maximum atomic E-state index is 10.5. The summed E-state index contributed by atoms with van der Waals surface area (Å²) >= 11 is 0.